The molecule has 0 spiro atoms. The van der Waals surface area contributed by atoms with Gasteiger partial charge in [0.05, 0.1) is 22.3 Å². The van der Waals surface area contributed by atoms with Gasteiger partial charge in [-0.25, -0.2) is 0 Å². The van der Waals surface area contributed by atoms with Gasteiger partial charge in [-0.15, -0.1) is 0 Å². The van der Waals surface area contributed by atoms with Crippen LogP contribution in [-0.4, -0.2) is 93.1 Å². The number of hydrogen-bond donors (Lipinski definition) is 4. The zero-order valence-electron chi connectivity index (χ0n) is 58.9. The number of nitrogens with zero attached hydrogens (tertiary/aromatic N) is 4. The third-order valence-electron chi connectivity index (χ3n) is 21.8. The van der Waals surface area contributed by atoms with Gasteiger partial charge >= 0.3 is 0 Å². The summed E-state index contributed by atoms with van der Waals surface area (Å²) in [6.07, 6.45) is 39.6. The lowest BCUT2D eigenvalue weighted by atomic mass is 9.78. The number of rotatable bonds is 36. The zero-order valence-corrected chi connectivity index (χ0v) is 58.9. The molecule has 1 aliphatic carbocycles. The highest BCUT2D eigenvalue weighted by Crippen LogP contribution is 2.56. The van der Waals surface area contributed by atoms with Gasteiger partial charge in [0.2, 0.25) is 0 Å². The Hall–Kier alpha value is -4.88. The molecule has 12 nitrogen and oxygen atoms in total. The molecular formula is C80H124N4O8. The molecular weight excluding hydrogens is 1140 g/mol. The number of benzene rings is 4. The lowest BCUT2D eigenvalue weighted by Gasteiger charge is -2.37. The molecule has 4 N–H and O–H groups in total. The molecule has 0 saturated carbocycles. The van der Waals surface area contributed by atoms with Crippen molar-refractivity contribution in [2.75, 3.05) is 53.1 Å². The first kappa shape index (κ1) is 71.4. The fourth-order valence-electron chi connectivity index (χ4n) is 15.7. The maximum atomic E-state index is 13.1. The van der Waals surface area contributed by atoms with Crippen molar-refractivity contribution in [1.82, 2.24) is 19.6 Å². The van der Waals surface area contributed by atoms with E-state index in [9.17, 15) is 20.4 Å². The van der Waals surface area contributed by atoms with Crippen molar-refractivity contribution in [3.05, 3.63) is 91.0 Å². The molecule has 512 valence electrons. The van der Waals surface area contributed by atoms with E-state index in [1.165, 1.54) is 154 Å². The van der Waals surface area contributed by atoms with Gasteiger partial charge in [-0.05, 0) is 49.9 Å². The second-order valence-corrected chi connectivity index (χ2v) is 28.9. The highest BCUT2D eigenvalue weighted by molar-refractivity contribution is 5.68. The van der Waals surface area contributed by atoms with Crippen LogP contribution in [0.5, 0.6) is 46.0 Å². The summed E-state index contributed by atoms with van der Waals surface area (Å²) in [5.41, 5.74) is 9.78. The molecule has 5 aliphatic rings. The molecule has 4 atom stereocenters. The van der Waals surface area contributed by atoms with Crippen molar-refractivity contribution in [3.8, 4) is 46.0 Å². The molecule has 4 unspecified atom stereocenters. The van der Waals surface area contributed by atoms with Crippen LogP contribution >= 0.6 is 0 Å². The summed E-state index contributed by atoms with van der Waals surface area (Å²) < 4.78 is 27.8. The van der Waals surface area contributed by atoms with E-state index in [4.69, 9.17) is 18.9 Å². The third kappa shape index (κ3) is 18.0. The largest absolute Gasteiger partial charge is 0.507 e. The molecule has 0 radical (unpaired) electrons. The summed E-state index contributed by atoms with van der Waals surface area (Å²) in [6, 6.07) is 8.59. The van der Waals surface area contributed by atoms with Crippen LogP contribution in [-0.2, 0) is 26.2 Å². The van der Waals surface area contributed by atoms with Crippen LogP contribution in [0, 0.1) is 0 Å². The van der Waals surface area contributed by atoms with E-state index >= 15 is 0 Å². The molecule has 12 heteroatoms. The predicted octanol–water partition coefficient (Wildman–Crippen LogP) is 20.6. The van der Waals surface area contributed by atoms with Crippen LogP contribution in [0.15, 0.2) is 24.3 Å². The maximum absolute atomic E-state index is 13.1. The van der Waals surface area contributed by atoms with Gasteiger partial charge in [0, 0.05) is 121 Å². The number of fused-ring (bicyclic) bond motifs is 16. The van der Waals surface area contributed by atoms with Gasteiger partial charge in [0.1, 0.15) is 72.9 Å². The average molecular weight is 1270 g/mol. The number of unbranched alkanes of at least 4 members (excludes halogenated alkanes) is 28. The van der Waals surface area contributed by atoms with E-state index in [0.717, 1.165) is 144 Å². The fraction of sp³-hybridized carbons (Fsp3) is 0.700. The smallest absolute Gasteiger partial charge is 0.142 e. The van der Waals surface area contributed by atoms with Crippen molar-refractivity contribution in [3.63, 3.8) is 0 Å². The normalized spacial score (nSPS) is 19.1. The Balaban J connectivity index is 1.14. The van der Waals surface area contributed by atoms with Crippen molar-refractivity contribution >= 4 is 0 Å². The van der Waals surface area contributed by atoms with Crippen LogP contribution in [0.1, 0.15) is 351 Å². The van der Waals surface area contributed by atoms with Gasteiger partial charge in [-0.3, -0.25) is 19.6 Å². The summed E-state index contributed by atoms with van der Waals surface area (Å²) in [5.74, 6) is 2.07. The van der Waals surface area contributed by atoms with Crippen LogP contribution in [0.4, 0.5) is 0 Å². The van der Waals surface area contributed by atoms with Gasteiger partial charge in [-0.1, -0.05) is 235 Å². The minimum absolute atomic E-state index is 0.227. The van der Waals surface area contributed by atoms with Crippen molar-refractivity contribution in [2.24, 2.45) is 0 Å². The molecule has 0 amide bonds. The lowest BCUT2D eigenvalue weighted by molar-refractivity contribution is 0.0893. The summed E-state index contributed by atoms with van der Waals surface area (Å²) >= 11 is 0. The van der Waals surface area contributed by atoms with E-state index in [1.54, 1.807) is 0 Å². The SMILES string of the molecule is CCCCCCCCCCN1COc2c3cc(c(O)c2C1)C(C)c1cc(c(O)c2c1OCN(CCCCCCCCCC)C2)C(C)c1cc(c(O)c2c1OCN(CCCCCCCCCC)C2)C(C)c1cc(c(O)c2c1OCN(CCCCCCCCCC)C2)C3C. The number of phenolic OH excluding ortho intramolecular Hbond substituents is 4. The number of hydrogen-bond acceptors (Lipinski definition) is 12. The van der Waals surface area contributed by atoms with E-state index < -0.39 is 23.7 Å². The second kappa shape index (κ2) is 36.3. The highest BCUT2D eigenvalue weighted by Gasteiger charge is 2.39. The van der Waals surface area contributed by atoms with Crippen molar-refractivity contribution in [1.29, 1.82) is 0 Å². The predicted molar refractivity (Wildman–Crippen MR) is 377 cm³/mol. The number of phenols is 4. The molecule has 8 bridgehead atoms. The Morgan fingerprint density at radius 3 is 0.630 bits per heavy atom. The topological polar surface area (TPSA) is 131 Å². The molecule has 4 aromatic rings. The molecule has 0 aromatic heterocycles. The molecule has 0 fully saturated rings. The fourth-order valence-corrected chi connectivity index (χ4v) is 15.7. The number of ether oxygens (including phenoxy) is 4. The van der Waals surface area contributed by atoms with Crippen molar-refractivity contribution < 1.29 is 39.4 Å². The standard InChI is InChI=1S/C80H124N4O8/c1-9-13-17-21-25-29-33-37-41-81-49-69-73(85)61-45-65(77(69)89-53-81)58(6)62-46-67(79-70(74(62)86)50-82(55-91-79)42-38-34-30-26-22-18-14-10-2)60(8)64-48-68(80-72(76(64)88)52-84(56-92-80)44-40-36-32-28-24-20-16-12-4)59(7)63-47-66(57(61)5)78-71(75(63)87)51-83(54-90-78)43-39-35-31-27-23-19-15-11-3/h45-48,57-60,85-88H,9-44,49-56H2,1-8H3. The highest BCUT2D eigenvalue weighted by atomic mass is 16.5. The van der Waals surface area contributed by atoms with Crippen LogP contribution < -0.4 is 18.9 Å². The molecule has 0 saturated heterocycles. The second-order valence-electron chi connectivity index (χ2n) is 28.9. The third-order valence-corrected chi connectivity index (χ3v) is 21.8. The van der Waals surface area contributed by atoms with Crippen LogP contribution in [0.3, 0.4) is 0 Å². The first-order valence-corrected chi connectivity index (χ1v) is 37.8. The Bertz CT molecular complexity index is 2550. The Morgan fingerprint density at radius 1 is 0.272 bits per heavy atom. The first-order valence-electron chi connectivity index (χ1n) is 37.8. The van der Waals surface area contributed by atoms with E-state index in [1.807, 2.05) is 0 Å². The van der Waals surface area contributed by atoms with Gasteiger partial charge in [0.25, 0.3) is 0 Å². The molecule has 92 heavy (non-hydrogen) atoms. The van der Waals surface area contributed by atoms with E-state index in [0.29, 0.717) is 76.1 Å². The zero-order chi connectivity index (χ0) is 64.9. The maximum Gasteiger partial charge on any atom is 0.142 e. The average Bonchev–Trinajstić information content (AvgIpc) is 0.967. The molecule has 4 heterocycles. The Morgan fingerprint density at radius 2 is 0.446 bits per heavy atom. The van der Waals surface area contributed by atoms with Gasteiger partial charge in [-0.2, -0.15) is 0 Å². The summed E-state index contributed by atoms with van der Waals surface area (Å²) in [4.78, 5) is 9.36. The van der Waals surface area contributed by atoms with Crippen molar-refractivity contribution in [2.45, 2.75) is 311 Å². The van der Waals surface area contributed by atoms with Crippen LogP contribution in [0.2, 0.25) is 0 Å². The minimum atomic E-state index is -0.391. The Labute approximate surface area is 557 Å². The van der Waals surface area contributed by atoms with Gasteiger partial charge in [0.15, 0.2) is 0 Å². The summed E-state index contributed by atoms with van der Waals surface area (Å²) in [5, 5.41) is 52.4. The van der Waals surface area contributed by atoms with Gasteiger partial charge < -0.3 is 39.4 Å². The Kier molecular flexibility index (Phi) is 28.2. The lowest BCUT2D eigenvalue weighted by Crippen LogP contribution is -2.34. The monoisotopic (exact) mass is 1270 g/mol. The minimum Gasteiger partial charge on any atom is -0.507 e. The molecule has 4 aliphatic heterocycles. The van der Waals surface area contributed by atoms with E-state index in [-0.39, 0.29) is 23.0 Å². The summed E-state index contributed by atoms with van der Waals surface area (Å²) in [6.45, 7) is 25.1. The van der Waals surface area contributed by atoms with Crippen LogP contribution in [0.25, 0.3) is 0 Å². The quantitative estimate of drug-likeness (QED) is 0.0323. The molecule has 4 aromatic carbocycles. The summed E-state index contributed by atoms with van der Waals surface area (Å²) in [7, 11) is 0. The number of aromatic hydroxyl groups is 4. The molecule has 9 rings (SSSR count). The first-order chi connectivity index (χ1) is 44.9. The van der Waals surface area contributed by atoms with E-state index in [2.05, 4.69) is 99.3 Å².